The van der Waals surface area contributed by atoms with Crippen LogP contribution in [0.5, 0.6) is 5.75 Å². The Bertz CT molecular complexity index is 1040. The van der Waals surface area contributed by atoms with E-state index < -0.39 is 5.97 Å². The Kier molecular flexibility index (Phi) is 5.84. The molecule has 10 nitrogen and oxygen atoms in total. The van der Waals surface area contributed by atoms with Crippen molar-refractivity contribution < 1.29 is 18.8 Å². The van der Waals surface area contributed by atoms with Crippen LogP contribution in [0.1, 0.15) is 19.8 Å². The number of halogens is 2. The van der Waals surface area contributed by atoms with Crippen LogP contribution in [0, 0.1) is 5.82 Å². The van der Waals surface area contributed by atoms with Crippen LogP contribution in [0.3, 0.4) is 0 Å². The number of carbonyl (C=O) groups excluding carboxylic acids is 1. The fraction of sp³-hybridized carbons (Fsp3) is 0.333. The molecule has 156 valence electrons. The zero-order valence-electron chi connectivity index (χ0n) is 15.9. The summed E-state index contributed by atoms with van der Waals surface area (Å²) in [4.78, 5) is 27.2. The van der Waals surface area contributed by atoms with Gasteiger partial charge >= 0.3 is 5.97 Å². The average molecular weight is 478 g/mol. The third kappa shape index (κ3) is 4.70. The summed E-state index contributed by atoms with van der Waals surface area (Å²) in [5, 5.41) is 11.4. The maximum absolute atomic E-state index is 13.4. The first-order valence-corrected chi connectivity index (χ1v) is 9.95. The third-order valence-electron chi connectivity index (χ3n) is 4.41. The van der Waals surface area contributed by atoms with Crippen LogP contribution in [-0.2, 0) is 4.79 Å². The molecule has 0 aliphatic carbocycles. The predicted octanol–water partition coefficient (Wildman–Crippen LogP) is 2.05. The van der Waals surface area contributed by atoms with Crippen molar-refractivity contribution in [2.45, 2.75) is 25.9 Å². The lowest BCUT2D eigenvalue weighted by Crippen LogP contribution is -2.39. The molecule has 1 aliphatic heterocycles. The molecule has 30 heavy (non-hydrogen) atoms. The standard InChI is InChI=1S/C18H17BrFN7O3/c1-11(28)30-27-24-17(23-25-27)12-9-21-18(22-10-12)26-6-4-14(5-7-26)29-16-8-13(20)2-3-15(16)19/h2-3,8-10,14H,4-7H2,1H3. The number of hydrogen-bond acceptors (Lipinski definition) is 9. The minimum absolute atomic E-state index is 0.0147. The zero-order chi connectivity index (χ0) is 21.1. The van der Waals surface area contributed by atoms with Crippen LogP contribution in [-0.4, -0.2) is 55.5 Å². The minimum atomic E-state index is -0.553. The molecule has 1 aliphatic rings. The van der Waals surface area contributed by atoms with Crippen LogP contribution in [0.15, 0.2) is 35.1 Å². The lowest BCUT2D eigenvalue weighted by atomic mass is 10.1. The Balaban J connectivity index is 1.35. The van der Waals surface area contributed by atoms with Crippen molar-refractivity contribution in [1.29, 1.82) is 0 Å². The topological polar surface area (TPSA) is 108 Å². The smallest absolute Gasteiger partial charge is 0.333 e. The second kappa shape index (κ2) is 8.69. The number of carbonyl (C=O) groups is 1. The molecule has 1 fully saturated rings. The Morgan fingerprint density at radius 2 is 1.97 bits per heavy atom. The van der Waals surface area contributed by atoms with Gasteiger partial charge in [-0.05, 0) is 33.3 Å². The second-order valence-corrected chi connectivity index (χ2v) is 7.45. The summed E-state index contributed by atoms with van der Waals surface area (Å²) in [6, 6.07) is 4.39. The van der Waals surface area contributed by atoms with Gasteiger partial charge in [0.05, 0.1) is 10.0 Å². The number of benzene rings is 1. The summed E-state index contributed by atoms with van der Waals surface area (Å²) >= 11 is 3.38. The van der Waals surface area contributed by atoms with Crippen molar-refractivity contribution in [3.8, 4) is 17.1 Å². The van der Waals surface area contributed by atoms with Crippen molar-refractivity contribution in [3.63, 3.8) is 0 Å². The Labute approximate surface area is 179 Å². The summed E-state index contributed by atoms with van der Waals surface area (Å²) in [5.41, 5.74) is 0.548. The largest absolute Gasteiger partial charge is 0.489 e. The number of piperidine rings is 1. The number of rotatable bonds is 5. The van der Waals surface area contributed by atoms with Gasteiger partial charge in [0.1, 0.15) is 17.7 Å². The van der Waals surface area contributed by atoms with Gasteiger partial charge in [0.15, 0.2) is 0 Å². The van der Waals surface area contributed by atoms with Crippen LogP contribution in [0.4, 0.5) is 10.3 Å². The first-order valence-electron chi connectivity index (χ1n) is 9.16. The summed E-state index contributed by atoms with van der Waals surface area (Å²) in [7, 11) is 0. The summed E-state index contributed by atoms with van der Waals surface area (Å²) in [5.74, 6) is 0.444. The molecule has 0 atom stereocenters. The van der Waals surface area contributed by atoms with Crippen LogP contribution >= 0.6 is 15.9 Å². The van der Waals surface area contributed by atoms with E-state index in [-0.39, 0.29) is 17.7 Å². The lowest BCUT2D eigenvalue weighted by Gasteiger charge is -2.32. The van der Waals surface area contributed by atoms with E-state index in [2.05, 4.69) is 41.3 Å². The summed E-state index contributed by atoms with van der Waals surface area (Å²) in [6.45, 7) is 2.65. The van der Waals surface area contributed by atoms with E-state index >= 15 is 0 Å². The van der Waals surface area contributed by atoms with Gasteiger partial charge in [0.2, 0.25) is 11.8 Å². The fourth-order valence-electron chi connectivity index (χ4n) is 2.99. The molecule has 0 saturated carbocycles. The highest BCUT2D eigenvalue weighted by molar-refractivity contribution is 9.10. The highest BCUT2D eigenvalue weighted by Gasteiger charge is 2.23. The molecule has 0 spiro atoms. The van der Waals surface area contributed by atoms with Crippen LogP contribution < -0.4 is 14.5 Å². The van der Waals surface area contributed by atoms with E-state index in [0.717, 1.165) is 22.3 Å². The molecule has 2 aromatic heterocycles. The highest BCUT2D eigenvalue weighted by Crippen LogP contribution is 2.29. The van der Waals surface area contributed by atoms with Crippen molar-refractivity contribution >= 4 is 27.8 Å². The number of hydrogen-bond donors (Lipinski definition) is 0. The van der Waals surface area contributed by atoms with Gasteiger partial charge in [0, 0.05) is 56.3 Å². The van der Waals surface area contributed by atoms with E-state index in [0.29, 0.717) is 30.4 Å². The normalized spacial score (nSPS) is 14.6. The predicted molar refractivity (Wildman–Crippen MR) is 106 cm³/mol. The molecule has 1 saturated heterocycles. The van der Waals surface area contributed by atoms with E-state index in [9.17, 15) is 9.18 Å². The van der Waals surface area contributed by atoms with Gasteiger partial charge in [-0.25, -0.2) is 19.2 Å². The van der Waals surface area contributed by atoms with Gasteiger partial charge < -0.3 is 14.5 Å². The molecule has 0 unspecified atom stereocenters. The fourth-order valence-corrected chi connectivity index (χ4v) is 3.33. The molecule has 0 amide bonds. The number of ether oxygens (including phenoxy) is 1. The van der Waals surface area contributed by atoms with Crippen molar-refractivity contribution in [1.82, 2.24) is 30.3 Å². The van der Waals surface area contributed by atoms with Gasteiger partial charge in [-0.15, -0.1) is 5.10 Å². The van der Waals surface area contributed by atoms with Crippen molar-refractivity contribution in [2.24, 2.45) is 0 Å². The monoisotopic (exact) mass is 477 g/mol. The lowest BCUT2D eigenvalue weighted by molar-refractivity contribution is -0.145. The van der Waals surface area contributed by atoms with Gasteiger partial charge in [-0.2, -0.15) is 0 Å². The Morgan fingerprint density at radius 1 is 1.23 bits per heavy atom. The average Bonchev–Trinajstić information content (AvgIpc) is 3.19. The number of anilines is 1. The molecule has 3 aromatic rings. The zero-order valence-corrected chi connectivity index (χ0v) is 17.5. The molecular weight excluding hydrogens is 461 g/mol. The molecule has 0 bridgehead atoms. The second-order valence-electron chi connectivity index (χ2n) is 6.60. The van der Waals surface area contributed by atoms with Crippen molar-refractivity contribution in [2.75, 3.05) is 18.0 Å². The van der Waals surface area contributed by atoms with Gasteiger partial charge in [-0.3, -0.25) is 0 Å². The highest BCUT2D eigenvalue weighted by atomic mass is 79.9. The molecule has 1 aromatic carbocycles. The maximum atomic E-state index is 13.4. The quantitative estimate of drug-likeness (QED) is 0.509. The third-order valence-corrected chi connectivity index (χ3v) is 5.07. The van der Waals surface area contributed by atoms with E-state index in [1.807, 2.05) is 4.90 Å². The summed E-state index contributed by atoms with van der Waals surface area (Å²) in [6.07, 6.45) is 4.67. The maximum Gasteiger partial charge on any atom is 0.333 e. The SMILES string of the molecule is CC(=O)On1nnc(-c2cnc(N3CCC(Oc4cc(F)ccc4Br)CC3)nc2)n1. The van der Waals surface area contributed by atoms with Gasteiger partial charge in [-0.1, -0.05) is 5.10 Å². The molecule has 3 heterocycles. The van der Waals surface area contributed by atoms with Gasteiger partial charge in [0.25, 0.3) is 0 Å². The Morgan fingerprint density at radius 3 is 2.67 bits per heavy atom. The van der Waals surface area contributed by atoms with E-state index in [1.165, 1.54) is 19.1 Å². The molecule has 4 rings (SSSR count). The molecule has 0 N–H and O–H groups in total. The first-order chi connectivity index (χ1) is 14.5. The molecule has 12 heteroatoms. The minimum Gasteiger partial charge on any atom is -0.489 e. The Hall–Kier alpha value is -3.15. The van der Waals surface area contributed by atoms with Crippen LogP contribution in [0.25, 0.3) is 11.4 Å². The van der Waals surface area contributed by atoms with Crippen molar-refractivity contribution in [3.05, 3.63) is 40.9 Å². The molecule has 0 radical (unpaired) electrons. The first kappa shape index (κ1) is 20.1. The molecular formula is C18H17BrFN7O3. The number of aromatic nitrogens is 6. The van der Waals surface area contributed by atoms with E-state index in [1.54, 1.807) is 18.5 Å². The number of tetrazole rings is 1. The van der Waals surface area contributed by atoms with E-state index in [4.69, 9.17) is 9.57 Å². The summed E-state index contributed by atoms with van der Waals surface area (Å²) < 4.78 is 20.1. The number of nitrogens with zero attached hydrogens (tertiary/aromatic N) is 7. The van der Waals surface area contributed by atoms with Crippen LogP contribution in [0.2, 0.25) is 0 Å².